The van der Waals surface area contributed by atoms with Crippen LogP contribution in [0.1, 0.15) is 42.5 Å². The first-order valence-electron chi connectivity index (χ1n) is 5.30. The van der Waals surface area contributed by atoms with E-state index in [0.29, 0.717) is 0 Å². The van der Waals surface area contributed by atoms with Crippen LogP contribution in [-0.2, 0) is 12.8 Å². The number of aromatic nitrogens is 1. The van der Waals surface area contributed by atoms with Crippen LogP contribution >= 0.6 is 0 Å². The van der Waals surface area contributed by atoms with Crippen molar-refractivity contribution in [1.29, 1.82) is 0 Å². The van der Waals surface area contributed by atoms with Crippen molar-refractivity contribution in [1.82, 2.24) is 4.98 Å². The molecule has 0 saturated heterocycles. The van der Waals surface area contributed by atoms with Gasteiger partial charge in [-0.05, 0) is 43.7 Å². The molecule has 0 aromatic carbocycles. The summed E-state index contributed by atoms with van der Waals surface area (Å²) in [5.74, 6) is 0. The lowest BCUT2D eigenvalue weighted by Crippen LogP contribution is -2.02. The molecule has 0 bridgehead atoms. The van der Waals surface area contributed by atoms with Gasteiger partial charge in [0.25, 0.3) is 0 Å². The van der Waals surface area contributed by atoms with Gasteiger partial charge in [-0.15, -0.1) is 0 Å². The van der Waals surface area contributed by atoms with Gasteiger partial charge in [0.2, 0.25) is 0 Å². The lowest BCUT2D eigenvalue weighted by molar-refractivity contribution is 0.608. The molecule has 1 heterocycles. The van der Waals surface area contributed by atoms with Crippen LogP contribution in [-0.4, -0.2) is 4.98 Å². The third kappa shape index (κ3) is 2.09. The van der Waals surface area contributed by atoms with Gasteiger partial charge in [0.05, 0.1) is 0 Å². The van der Waals surface area contributed by atoms with Gasteiger partial charge in [-0.25, -0.2) is 0 Å². The molecule has 0 N–H and O–H groups in total. The van der Waals surface area contributed by atoms with Gasteiger partial charge < -0.3 is 0 Å². The largest absolute Gasteiger partial charge is 0.261 e. The molecule has 1 aromatic rings. The highest BCUT2D eigenvalue weighted by Gasteiger charge is 2.07. The summed E-state index contributed by atoms with van der Waals surface area (Å²) in [5.41, 5.74) is 4.16. The summed E-state index contributed by atoms with van der Waals surface area (Å²) in [5, 5.41) is 0. The molecule has 1 aromatic heterocycles. The van der Waals surface area contributed by atoms with Crippen molar-refractivity contribution in [3.05, 3.63) is 29.1 Å². The second kappa shape index (κ2) is 3.91. The van der Waals surface area contributed by atoms with Crippen molar-refractivity contribution < 1.29 is 0 Å². The normalized spacial score (nSPS) is 17.3. The lowest BCUT2D eigenvalue weighted by atomic mass is 9.96. The van der Waals surface area contributed by atoms with E-state index in [1.165, 1.54) is 55.3 Å². The highest BCUT2D eigenvalue weighted by molar-refractivity contribution is 5.25. The summed E-state index contributed by atoms with van der Waals surface area (Å²) in [6.07, 6.45) is 9.88. The zero-order chi connectivity index (χ0) is 9.10. The second-order valence-corrected chi connectivity index (χ2v) is 4.03. The van der Waals surface area contributed by atoms with Gasteiger partial charge in [0.1, 0.15) is 0 Å². The van der Waals surface area contributed by atoms with Crippen LogP contribution in [0, 0.1) is 6.92 Å². The molecule has 1 aliphatic rings. The van der Waals surface area contributed by atoms with Crippen LogP contribution in [0.15, 0.2) is 12.3 Å². The first kappa shape index (κ1) is 8.74. The Bertz CT molecular complexity index is 291. The lowest BCUT2D eigenvalue weighted by Gasteiger charge is -2.12. The molecule has 2 rings (SSSR count). The summed E-state index contributed by atoms with van der Waals surface area (Å²) in [4.78, 5) is 4.52. The van der Waals surface area contributed by atoms with Gasteiger partial charge in [-0.3, -0.25) is 4.98 Å². The molecule has 0 atom stereocenters. The average molecular weight is 175 g/mol. The molecule has 0 spiro atoms. The maximum Gasteiger partial charge on any atom is 0.0435 e. The molecular weight excluding hydrogens is 158 g/mol. The van der Waals surface area contributed by atoms with Gasteiger partial charge in [0, 0.05) is 11.9 Å². The smallest absolute Gasteiger partial charge is 0.0435 e. The fourth-order valence-electron chi connectivity index (χ4n) is 2.06. The second-order valence-electron chi connectivity index (χ2n) is 4.03. The molecule has 1 heteroatoms. The summed E-state index contributed by atoms with van der Waals surface area (Å²) in [7, 11) is 0. The van der Waals surface area contributed by atoms with Crippen molar-refractivity contribution in [2.45, 2.75) is 45.4 Å². The zero-order valence-electron chi connectivity index (χ0n) is 8.34. The van der Waals surface area contributed by atoms with Crippen LogP contribution in [0.2, 0.25) is 0 Å². The van der Waals surface area contributed by atoms with Gasteiger partial charge >= 0.3 is 0 Å². The summed E-state index contributed by atoms with van der Waals surface area (Å²) in [6, 6.07) is 2.31. The number of fused-ring (bicyclic) bond motifs is 1. The van der Waals surface area contributed by atoms with E-state index in [0.717, 1.165) is 0 Å². The van der Waals surface area contributed by atoms with E-state index in [2.05, 4.69) is 18.0 Å². The molecule has 1 nitrogen and oxygen atoms in total. The van der Waals surface area contributed by atoms with Crippen molar-refractivity contribution in [3.8, 4) is 0 Å². The van der Waals surface area contributed by atoms with Crippen LogP contribution in [0.5, 0.6) is 0 Å². The number of hydrogen-bond donors (Lipinski definition) is 0. The number of rotatable bonds is 0. The minimum Gasteiger partial charge on any atom is -0.261 e. The standard InChI is InChI=1S/C12H17N/c1-10-8-11-6-4-2-3-5-7-12(11)13-9-10/h8-9H,2-7H2,1H3. The maximum absolute atomic E-state index is 4.52. The van der Waals surface area contributed by atoms with Crippen LogP contribution in [0.3, 0.4) is 0 Å². The molecule has 0 radical (unpaired) electrons. The Labute approximate surface area is 80.2 Å². The molecule has 13 heavy (non-hydrogen) atoms. The van der Waals surface area contributed by atoms with E-state index < -0.39 is 0 Å². The molecule has 70 valence electrons. The Hall–Kier alpha value is -0.850. The highest BCUT2D eigenvalue weighted by atomic mass is 14.7. The predicted octanol–water partition coefficient (Wildman–Crippen LogP) is 3.05. The number of pyridine rings is 1. The Morgan fingerprint density at radius 1 is 1.08 bits per heavy atom. The molecule has 0 fully saturated rings. The fourth-order valence-corrected chi connectivity index (χ4v) is 2.06. The third-order valence-electron chi connectivity index (χ3n) is 2.81. The summed E-state index contributed by atoms with van der Waals surface area (Å²) >= 11 is 0. The van der Waals surface area contributed by atoms with E-state index in [9.17, 15) is 0 Å². The van der Waals surface area contributed by atoms with Crippen LogP contribution in [0.25, 0.3) is 0 Å². The third-order valence-corrected chi connectivity index (χ3v) is 2.81. The fraction of sp³-hybridized carbons (Fsp3) is 0.583. The first-order valence-corrected chi connectivity index (χ1v) is 5.30. The first-order chi connectivity index (χ1) is 6.36. The van der Waals surface area contributed by atoms with E-state index in [1.807, 2.05) is 6.20 Å². The Kier molecular flexibility index (Phi) is 2.62. The van der Waals surface area contributed by atoms with Crippen molar-refractivity contribution in [2.24, 2.45) is 0 Å². The Morgan fingerprint density at radius 2 is 1.85 bits per heavy atom. The minimum absolute atomic E-state index is 1.19. The molecule has 0 aliphatic heterocycles. The minimum atomic E-state index is 1.19. The number of hydrogen-bond acceptors (Lipinski definition) is 1. The van der Waals surface area contributed by atoms with E-state index >= 15 is 0 Å². The van der Waals surface area contributed by atoms with Gasteiger partial charge in [-0.1, -0.05) is 18.9 Å². The van der Waals surface area contributed by atoms with Crippen LogP contribution in [0.4, 0.5) is 0 Å². The molecule has 0 unspecified atom stereocenters. The van der Waals surface area contributed by atoms with Gasteiger partial charge in [0.15, 0.2) is 0 Å². The molecule has 1 aliphatic carbocycles. The van der Waals surface area contributed by atoms with E-state index in [-0.39, 0.29) is 0 Å². The van der Waals surface area contributed by atoms with E-state index in [4.69, 9.17) is 0 Å². The van der Waals surface area contributed by atoms with E-state index in [1.54, 1.807) is 0 Å². The molecule has 0 amide bonds. The molecule has 0 saturated carbocycles. The summed E-state index contributed by atoms with van der Waals surface area (Å²) in [6.45, 7) is 2.13. The zero-order valence-corrected chi connectivity index (χ0v) is 8.34. The van der Waals surface area contributed by atoms with Crippen molar-refractivity contribution in [2.75, 3.05) is 0 Å². The Morgan fingerprint density at radius 3 is 2.69 bits per heavy atom. The quantitative estimate of drug-likeness (QED) is 0.590. The highest BCUT2D eigenvalue weighted by Crippen LogP contribution is 2.18. The number of nitrogens with zero attached hydrogens (tertiary/aromatic N) is 1. The predicted molar refractivity (Wildman–Crippen MR) is 54.9 cm³/mol. The van der Waals surface area contributed by atoms with Crippen molar-refractivity contribution >= 4 is 0 Å². The number of aryl methyl sites for hydroxylation is 3. The molecular formula is C12H17N. The maximum atomic E-state index is 4.52. The Balaban J connectivity index is 2.28. The average Bonchev–Trinajstić information content (AvgIpc) is 2.08. The van der Waals surface area contributed by atoms with Gasteiger partial charge in [-0.2, -0.15) is 0 Å². The SMILES string of the molecule is Cc1cnc2c(c1)CCCCCC2. The van der Waals surface area contributed by atoms with Crippen LogP contribution < -0.4 is 0 Å². The topological polar surface area (TPSA) is 12.9 Å². The van der Waals surface area contributed by atoms with Crippen molar-refractivity contribution in [3.63, 3.8) is 0 Å². The summed E-state index contributed by atoms with van der Waals surface area (Å²) < 4.78 is 0. The monoisotopic (exact) mass is 175 g/mol.